The Morgan fingerprint density at radius 1 is 1.33 bits per heavy atom. The first-order chi connectivity index (χ1) is 12.4. The molecule has 0 aromatic rings. The van der Waals surface area contributed by atoms with Crippen molar-refractivity contribution in [3.8, 4) is 0 Å². The van der Waals surface area contributed by atoms with Gasteiger partial charge in [0.25, 0.3) is 0 Å². The molecule has 168 valence electrons. The maximum Gasteiger partial charge on any atom is 0.120 e. The SMILES string of the molecule is C.CC(S)CCO.CSCCC1OCCC(C)S1.CSCCC=O.ClCCl. The van der Waals surface area contributed by atoms with Gasteiger partial charge in [-0.1, -0.05) is 21.3 Å². The largest absolute Gasteiger partial charge is 0.396 e. The predicted octanol–water partition coefficient (Wildman–Crippen LogP) is 6.29. The van der Waals surface area contributed by atoms with Gasteiger partial charge >= 0.3 is 0 Å². The van der Waals surface area contributed by atoms with Crippen molar-refractivity contribution in [2.24, 2.45) is 0 Å². The van der Waals surface area contributed by atoms with Gasteiger partial charge in [-0.05, 0) is 43.3 Å². The number of carbonyl (C=O) groups excluding carboxylic acids is 1. The van der Waals surface area contributed by atoms with E-state index in [1.54, 1.807) is 11.8 Å². The van der Waals surface area contributed by atoms with E-state index in [1.807, 2.05) is 36.7 Å². The highest BCUT2D eigenvalue weighted by Gasteiger charge is 2.18. The van der Waals surface area contributed by atoms with Crippen LogP contribution in [0.4, 0.5) is 0 Å². The van der Waals surface area contributed by atoms with Crippen molar-refractivity contribution in [1.82, 2.24) is 0 Å². The van der Waals surface area contributed by atoms with Gasteiger partial charge in [0.1, 0.15) is 11.7 Å². The Kier molecular flexibility index (Phi) is 43.0. The molecule has 27 heavy (non-hydrogen) atoms. The number of aldehydes is 1. The summed E-state index contributed by atoms with van der Waals surface area (Å²) in [6, 6.07) is 0. The number of carbonyl (C=O) groups is 1. The summed E-state index contributed by atoms with van der Waals surface area (Å²) in [6.07, 6.45) is 9.00. The fourth-order valence-corrected chi connectivity index (χ4v) is 3.68. The van der Waals surface area contributed by atoms with Crippen LogP contribution in [0.3, 0.4) is 0 Å². The molecule has 1 N–H and O–H groups in total. The molecule has 0 bridgehead atoms. The molecule has 1 rings (SSSR count). The van der Waals surface area contributed by atoms with E-state index in [0.29, 0.717) is 17.1 Å². The number of hydrogen-bond acceptors (Lipinski definition) is 7. The zero-order valence-electron chi connectivity index (χ0n) is 16.4. The molecule has 0 spiro atoms. The van der Waals surface area contributed by atoms with Gasteiger partial charge in [-0.2, -0.15) is 36.2 Å². The van der Waals surface area contributed by atoms with E-state index in [2.05, 4.69) is 25.8 Å². The van der Waals surface area contributed by atoms with Crippen LogP contribution in [0.5, 0.6) is 0 Å². The molecule has 1 saturated heterocycles. The van der Waals surface area contributed by atoms with Crippen LogP contribution >= 0.6 is 71.1 Å². The van der Waals surface area contributed by atoms with E-state index in [4.69, 9.17) is 33.0 Å². The first-order valence-corrected chi connectivity index (χ1v) is 13.8. The third kappa shape index (κ3) is 38.7. The number of hydrogen-bond donors (Lipinski definition) is 2. The molecule has 0 aromatic carbocycles. The molecule has 3 nitrogen and oxygen atoms in total. The lowest BCUT2D eigenvalue weighted by molar-refractivity contribution is -0.107. The van der Waals surface area contributed by atoms with Crippen LogP contribution < -0.4 is 0 Å². The highest BCUT2D eigenvalue weighted by Crippen LogP contribution is 2.29. The molecular formula is C18H40Cl2O3S4. The van der Waals surface area contributed by atoms with Crippen molar-refractivity contribution >= 4 is 77.4 Å². The van der Waals surface area contributed by atoms with Gasteiger partial charge in [0, 0.05) is 30.1 Å². The zero-order chi connectivity index (χ0) is 20.6. The standard InChI is InChI=1S/C8H16OS2.C4H8OS.C4H10OS.CH2Cl2.CH4/c1-7-3-5-9-8(11-7)4-6-10-2;1-6-4-2-3-5;1-4(6)2-3-5;2-1-3;/h7-8H,3-6H2,1-2H3;3H,2,4H2,1H3;4-6H,2-3H2,1H3;1H2;1H4. The average molecular weight is 504 g/mol. The molecule has 3 unspecified atom stereocenters. The summed E-state index contributed by atoms with van der Waals surface area (Å²) in [5.74, 6) is 2.19. The molecule has 1 aliphatic heterocycles. The van der Waals surface area contributed by atoms with E-state index in [9.17, 15) is 4.79 Å². The number of thiol groups is 1. The lowest BCUT2D eigenvalue weighted by atomic mass is 10.3. The molecule has 3 atom stereocenters. The average Bonchev–Trinajstić information content (AvgIpc) is 2.60. The van der Waals surface area contributed by atoms with Gasteiger partial charge in [0.2, 0.25) is 0 Å². The summed E-state index contributed by atoms with van der Waals surface area (Å²) in [7, 11) is 0. The summed E-state index contributed by atoms with van der Waals surface area (Å²) in [5, 5.41) is 9.53. The molecule has 1 fully saturated rings. The predicted molar refractivity (Wildman–Crippen MR) is 137 cm³/mol. The number of aliphatic hydroxyl groups excluding tert-OH is 1. The van der Waals surface area contributed by atoms with E-state index < -0.39 is 0 Å². The smallest absolute Gasteiger partial charge is 0.120 e. The van der Waals surface area contributed by atoms with Crippen LogP contribution in [0.25, 0.3) is 0 Å². The van der Waals surface area contributed by atoms with Gasteiger partial charge in [0.15, 0.2) is 0 Å². The number of thioether (sulfide) groups is 3. The second-order valence-corrected chi connectivity index (χ2v) is 10.5. The Hall–Kier alpha value is 1.57. The van der Waals surface area contributed by atoms with Crippen molar-refractivity contribution in [3.05, 3.63) is 0 Å². The van der Waals surface area contributed by atoms with Gasteiger partial charge < -0.3 is 14.6 Å². The number of halogens is 2. The van der Waals surface area contributed by atoms with Crippen LogP contribution in [0.2, 0.25) is 0 Å². The van der Waals surface area contributed by atoms with Crippen molar-refractivity contribution in [1.29, 1.82) is 0 Å². The number of aliphatic hydroxyl groups is 1. The van der Waals surface area contributed by atoms with Crippen molar-refractivity contribution < 1.29 is 14.6 Å². The monoisotopic (exact) mass is 502 g/mol. The Morgan fingerprint density at radius 2 is 1.89 bits per heavy atom. The normalized spacial score (nSPS) is 18.8. The third-order valence-electron chi connectivity index (χ3n) is 2.76. The number of rotatable bonds is 8. The second kappa shape index (κ2) is 32.2. The summed E-state index contributed by atoms with van der Waals surface area (Å²) in [6.45, 7) is 5.47. The minimum Gasteiger partial charge on any atom is -0.396 e. The Labute approximate surface area is 196 Å². The molecular weight excluding hydrogens is 463 g/mol. The second-order valence-electron chi connectivity index (χ2n) is 5.23. The van der Waals surface area contributed by atoms with Crippen molar-refractivity contribution in [2.45, 2.75) is 62.9 Å². The van der Waals surface area contributed by atoms with E-state index in [1.165, 1.54) is 18.6 Å². The zero-order valence-corrected chi connectivity index (χ0v) is 21.2. The quantitative estimate of drug-likeness (QED) is 0.176. The van der Waals surface area contributed by atoms with Crippen LogP contribution in [-0.2, 0) is 9.53 Å². The third-order valence-corrected chi connectivity index (χ3v) is 5.68. The summed E-state index contributed by atoms with van der Waals surface area (Å²) >= 11 is 19.1. The molecule has 0 amide bonds. The van der Waals surface area contributed by atoms with E-state index in [0.717, 1.165) is 30.3 Å². The van der Waals surface area contributed by atoms with Crippen LogP contribution in [0.15, 0.2) is 0 Å². The Morgan fingerprint density at radius 3 is 2.19 bits per heavy atom. The molecule has 1 aliphatic rings. The topological polar surface area (TPSA) is 46.5 Å². The maximum absolute atomic E-state index is 9.55. The van der Waals surface area contributed by atoms with Gasteiger partial charge in [-0.25, -0.2) is 0 Å². The van der Waals surface area contributed by atoms with Gasteiger partial charge in [0.05, 0.1) is 5.34 Å². The molecule has 1 heterocycles. The Balaban J connectivity index is -0.000000143. The first kappa shape index (κ1) is 36.0. The number of ether oxygens (including phenoxy) is 1. The lowest BCUT2D eigenvalue weighted by Crippen LogP contribution is -2.21. The lowest BCUT2D eigenvalue weighted by Gasteiger charge is -2.26. The van der Waals surface area contributed by atoms with Gasteiger partial charge in [-0.15, -0.1) is 35.0 Å². The molecule has 0 aliphatic carbocycles. The molecule has 0 radical (unpaired) electrons. The van der Waals surface area contributed by atoms with Gasteiger partial charge in [-0.3, -0.25) is 0 Å². The van der Waals surface area contributed by atoms with E-state index >= 15 is 0 Å². The summed E-state index contributed by atoms with van der Waals surface area (Å²) in [4.78, 5) is 9.55. The first-order valence-electron chi connectivity index (χ1n) is 8.52. The number of alkyl halides is 2. The van der Waals surface area contributed by atoms with Crippen molar-refractivity contribution in [3.63, 3.8) is 0 Å². The van der Waals surface area contributed by atoms with E-state index in [-0.39, 0.29) is 19.4 Å². The fourth-order valence-electron chi connectivity index (χ4n) is 1.45. The molecule has 0 saturated carbocycles. The summed E-state index contributed by atoms with van der Waals surface area (Å²) in [5.41, 5.74) is 0.478. The van der Waals surface area contributed by atoms with Crippen molar-refractivity contribution in [2.75, 3.05) is 42.6 Å². The van der Waals surface area contributed by atoms with Crippen LogP contribution in [-0.4, -0.2) is 69.9 Å². The highest BCUT2D eigenvalue weighted by molar-refractivity contribution is 8.00. The minimum atomic E-state index is 0. The summed E-state index contributed by atoms with van der Waals surface area (Å²) < 4.78 is 5.60. The highest BCUT2D eigenvalue weighted by atomic mass is 35.5. The van der Waals surface area contributed by atoms with Crippen LogP contribution in [0.1, 0.15) is 47.0 Å². The fraction of sp³-hybridized carbons (Fsp3) is 0.944. The maximum atomic E-state index is 9.55. The van der Waals surface area contributed by atoms with Crippen LogP contribution in [0, 0.1) is 0 Å². The molecule has 0 aromatic heterocycles. The Bertz CT molecular complexity index is 267. The minimum absolute atomic E-state index is 0. The molecule has 9 heteroatoms.